The van der Waals surface area contributed by atoms with Gasteiger partial charge in [0.25, 0.3) is 0 Å². The topological polar surface area (TPSA) is 70.1 Å². The number of benzene rings is 1. The Morgan fingerprint density at radius 1 is 1.45 bits per heavy atom. The van der Waals surface area contributed by atoms with Crippen molar-refractivity contribution < 1.29 is 9.53 Å². The largest absolute Gasteiger partial charge is 0.468 e. The first-order chi connectivity index (χ1) is 9.54. The van der Waals surface area contributed by atoms with Gasteiger partial charge >= 0.3 is 5.97 Å². The maximum Gasteiger partial charge on any atom is 0.322 e. The Morgan fingerprint density at radius 3 is 2.70 bits per heavy atom. The maximum absolute atomic E-state index is 11.5. The van der Waals surface area contributed by atoms with E-state index in [0.717, 1.165) is 16.8 Å². The number of esters is 1. The Labute approximate surface area is 122 Å². The molecule has 1 aromatic heterocycles. The van der Waals surface area contributed by atoms with E-state index in [-0.39, 0.29) is 6.42 Å². The summed E-state index contributed by atoms with van der Waals surface area (Å²) >= 11 is 6.25. The number of hydrogen-bond acceptors (Lipinski definition) is 4. The molecule has 0 aliphatic heterocycles. The van der Waals surface area contributed by atoms with E-state index in [1.54, 1.807) is 11.7 Å². The van der Waals surface area contributed by atoms with Gasteiger partial charge in [-0.2, -0.15) is 5.10 Å². The zero-order valence-electron chi connectivity index (χ0n) is 11.3. The molecule has 2 aromatic rings. The van der Waals surface area contributed by atoms with E-state index < -0.39 is 12.0 Å². The third-order valence-electron chi connectivity index (χ3n) is 3.04. The molecule has 0 amide bonds. The molecule has 6 heteroatoms. The highest BCUT2D eigenvalue weighted by molar-refractivity contribution is 6.30. The van der Waals surface area contributed by atoms with Gasteiger partial charge in [0.1, 0.15) is 11.2 Å². The Morgan fingerprint density at radius 2 is 2.10 bits per heavy atom. The van der Waals surface area contributed by atoms with E-state index in [0.29, 0.717) is 5.15 Å². The van der Waals surface area contributed by atoms with Crippen LogP contribution in [-0.2, 0) is 23.0 Å². The molecule has 1 aromatic carbocycles. The highest BCUT2D eigenvalue weighted by Crippen LogP contribution is 2.29. The fourth-order valence-corrected chi connectivity index (χ4v) is 2.22. The van der Waals surface area contributed by atoms with E-state index in [4.69, 9.17) is 17.3 Å². The Hall–Kier alpha value is -1.85. The molecular weight excluding hydrogens is 278 g/mol. The normalized spacial score (nSPS) is 12.2. The van der Waals surface area contributed by atoms with Crippen LogP contribution in [0.5, 0.6) is 0 Å². The van der Waals surface area contributed by atoms with Gasteiger partial charge in [0.2, 0.25) is 0 Å². The lowest BCUT2D eigenvalue weighted by Crippen LogP contribution is -2.33. The van der Waals surface area contributed by atoms with E-state index in [1.807, 2.05) is 30.3 Å². The smallest absolute Gasteiger partial charge is 0.322 e. The Kier molecular flexibility index (Phi) is 4.42. The average Bonchev–Trinajstić information content (AvgIpc) is 2.75. The number of halogens is 1. The maximum atomic E-state index is 11.5. The van der Waals surface area contributed by atoms with Crippen LogP contribution in [0.1, 0.15) is 5.56 Å². The van der Waals surface area contributed by atoms with E-state index in [9.17, 15) is 4.79 Å². The van der Waals surface area contributed by atoms with Crippen LogP contribution >= 0.6 is 11.6 Å². The Bertz CT molecular complexity index is 610. The van der Waals surface area contributed by atoms with Crippen molar-refractivity contribution in [1.82, 2.24) is 9.78 Å². The van der Waals surface area contributed by atoms with E-state index >= 15 is 0 Å². The molecule has 0 radical (unpaired) electrons. The molecule has 2 N–H and O–H groups in total. The molecule has 0 aliphatic carbocycles. The van der Waals surface area contributed by atoms with Gasteiger partial charge in [-0.05, 0) is 0 Å². The quantitative estimate of drug-likeness (QED) is 0.873. The number of hydrogen-bond donors (Lipinski definition) is 1. The van der Waals surface area contributed by atoms with Gasteiger partial charge in [0, 0.05) is 24.6 Å². The first-order valence-electron chi connectivity index (χ1n) is 6.14. The molecule has 1 atom stereocenters. The van der Waals surface area contributed by atoms with Crippen LogP contribution in [-0.4, -0.2) is 28.9 Å². The molecule has 20 heavy (non-hydrogen) atoms. The van der Waals surface area contributed by atoms with Crippen molar-refractivity contribution in [3.05, 3.63) is 41.0 Å². The lowest BCUT2D eigenvalue weighted by Gasteiger charge is -2.09. The van der Waals surface area contributed by atoms with Gasteiger partial charge in [-0.3, -0.25) is 9.48 Å². The number of nitrogens with two attached hydrogens (primary N) is 1. The van der Waals surface area contributed by atoms with Crippen molar-refractivity contribution in [3.8, 4) is 11.3 Å². The van der Waals surface area contributed by atoms with Crippen LogP contribution in [0.15, 0.2) is 30.3 Å². The summed E-state index contributed by atoms with van der Waals surface area (Å²) in [4.78, 5) is 11.5. The Balaban J connectivity index is 2.40. The highest BCUT2D eigenvalue weighted by atomic mass is 35.5. The lowest BCUT2D eigenvalue weighted by molar-refractivity contribution is -0.142. The number of ether oxygens (including phenoxy) is 1. The molecular formula is C14H16ClN3O2. The zero-order chi connectivity index (χ0) is 14.7. The minimum Gasteiger partial charge on any atom is -0.468 e. The van der Waals surface area contributed by atoms with Crippen molar-refractivity contribution in [2.24, 2.45) is 12.8 Å². The van der Waals surface area contributed by atoms with Crippen LogP contribution in [0.25, 0.3) is 11.3 Å². The first kappa shape index (κ1) is 14.6. The molecule has 0 saturated heterocycles. The standard InChI is InChI=1S/C14H16ClN3O2/c1-18-13(15)10(8-11(16)14(19)20-2)12(17-18)9-6-4-3-5-7-9/h3-7,11H,8,16H2,1-2H3. The van der Waals surface area contributed by atoms with Crippen LogP contribution in [0.3, 0.4) is 0 Å². The number of methoxy groups -OCH3 is 1. The molecule has 0 bridgehead atoms. The number of rotatable bonds is 4. The molecule has 1 unspecified atom stereocenters. The van der Waals surface area contributed by atoms with Crippen molar-refractivity contribution in [3.63, 3.8) is 0 Å². The highest BCUT2D eigenvalue weighted by Gasteiger charge is 2.22. The summed E-state index contributed by atoms with van der Waals surface area (Å²) in [6.07, 6.45) is 0.281. The number of carbonyl (C=O) groups is 1. The van der Waals surface area contributed by atoms with Crippen LogP contribution in [0, 0.1) is 0 Å². The zero-order valence-corrected chi connectivity index (χ0v) is 12.1. The van der Waals surface area contributed by atoms with Crippen molar-refractivity contribution in [1.29, 1.82) is 0 Å². The SMILES string of the molecule is COC(=O)C(N)Cc1c(-c2ccccc2)nn(C)c1Cl. The molecule has 106 valence electrons. The summed E-state index contributed by atoms with van der Waals surface area (Å²) in [5.41, 5.74) is 8.23. The summed E-state index contributed by atoms with van der Waals surface area (Å²) < 4.78 is 6.21. The third-order valence-corrected chi connectivity index (χ3v) is 3.52. The fourth-order valence-electron chi connectivity index (χ4n) is 2.01. The summed E-state index contributed by atoms with van der Waals surface area (Å²) in [5.74, 6) is -0.469. The summed E-state index contributed by atoms with van der Waals surface area (Å²) in [7, 11) is 3.06. The minimum atomic E-state index is -0.760. The summed E-state index contributed by atoms with van der Waals surface area (Å²) in [6, 6.07) is 8.87. The third kappa shape index (κ3) is 2.84. The van der Waals surface area contributed by atoms with Crippen molar-refractivity contribution in [2.75, 3.05) is 7.11 Å². The van der Waals surface area contributed by atoms with Crippen LogP contribution in [0.2, 0.25) is 5.15 Å². The van der Waals surface area contributed by atoms with E-state index in [1.165, 1.54) is 7.11 Å². The summed E-state index contributed by atoms with van der Waals surface area (Å²) in [5, 5.41) is 4.87. The molecule has 0 saturated carbocycles. The van der Waals surface area contributed by atoms with Crippen molar-refractivity contribution in [2.45, 2.75) is 12.5 Å². The van der Waals surface area contributed by atoms with Crippen LogP contribution in [0.4, 0.5) is 0 Å². The first-order valence-corrected chi connectivity index (χ1v) is 6.52. The van der Waals surface area contributed by atoms with Crippen molar-refractivity contribution >= 4 is 17.6 Å². The molecule has 0 aliphatic rings. The lowest BCUT2D eigenvalue weighted by atomic mass is 10.0. The molecule has 5 nitrogen and oxygen atoms in total. The van der Waals surface area contributed by atoms with Gasteiger partial charge < -0.3 is 10.5 Å². The monoisotopic (exact) mass is 293 g/mol. The number of aryl methyl sites for hydroxylation is 1. The van der Waals surface area contributed by atoms with Gasteiger partial charge in [0.05, 0.1) is 12.8 Å². The van der Waals surface area contributed by atoms with Gasteiger partial charge in [0.15, 0.2) is 0 Å². The second kappa shape index (κ2) is 6.07. The van der Waals surface area contributed by atoms with Gasteiger partial charge in [-0.1, -0.05) is 41.9 Å². The predicted molar refractivity (Wildman–Crippen MR) is 77.3 cm³/mol. The predicted octanol–water partition coefficient (Wildman–Crippen LogP) is 1.78. The number of nitrogens with zero attached hydrogens (tertiary/aromatic N) is 2. The molecule has 1 heterocycles. The average molecular weight is 294 g/mol. The minimum absolute atomic E-state index is 0.281. The summed E-state index contributed by atoms with van der Waals surface area (Å²) in [6.45, 7) is 0. The second-order valence-corrected chi connectivity index (χ2v) is 4.80. The second-order valence-electron chi connectivity index (χ2n) is 4.44. The number of carbonyl (C=O) groups excluding carboxylic acids is 1. The fraction of sp³-hybridized carbons (Fsp3) is 0.286. The van der Waals surface area contributed by atoms with Crippen LogP contribution < -0.4 is 5.73 Å². The number of aromatic nitrogens is 2. The molecule has 0 fully saturated rings. The van der Waals surface area contributed by atoms with E-state index in [2.05, 4.69) is 9.84 Å². The van der Waals surface area contributed by atoms with Gasteiger partial charge in [-0.25, -0.2) is 0 Å². The van der Waals surface area contributed by atoms with Gasteiger partial charge in [-0.15, -0.1) is 0 Å². The molecule has 2 rings (SSSR count). The molecule has 0 spiro atoms.